The van der Waals surface area contributed by atoms with Crippen LogP contribution in [0.3, 0.4) is 0 Å². The zero-order valence-corrected chi connectivity index (χ0v) is 16.8. The van der Waals surface area contributed by atoms with Gasteiger partial charge in [-0.15, -0.1) is 0 Å². The molecule has 0 fully saturated rings. The van der Waals surface area contributed by atoms with E-state index in [0.29, 0.717) is 0 Å². The number of rotatable bonds is 3. The van der Waals surface area contributed by atoms with Gasteiger partial charge in [0.25, 0.3) is 0 Å². The molecule has 140 valence electrons. The van der Waals surface area contributed by atoms with E-state index in [4.69, 9.17) is 9.97 Å². The van der Waals surface area contributed by atoms with Crippen molar-refractivity contribution in [2.24, 2.45) is 0 Å². The van der Waals surface area contributed by atoms with Gasteiger partial charge in [-0.1, -0.05) is 69.3 Å². The smallest absolute Gasteiger partial charge is 0.162 e. The Hall–Kier alpha value is -3.20. The summed E-state index contributed by atoms with van der Waals surface area (Å²) >= 11 is 0. The Balaban J connectivity index is 1.80. The summed E-state index contributed by atoms with van der Waals surface area (Å²) in [6, 6.07) is 25.0. The molecule has 1 heterocycles. The van der Waals surface area contributed by atoms with Crippen LogP contribution in [0.4, 0.5) is 11.5 Å². The molecule has 3 nitrogen and oxygen atoms in total. The predicted octanol–water partition coefficient (Wildman–Crippen LogP) is 6.65. The van der Waals surface area contributed by atoms with Crippen LogP contribution in [-0.4, -0.2) is 9.97 Å². The van der Waals surface area contributed by atoms with E-state index in [1.54, 1.807) is 0 Å². The maximum atomic E-state index is 4.87. The van der Waals surface area contributed by atoms with Crippen LogP contribution in [0.2, 0.25) is 0 Å². The van der Waals surface area contributed by atoms with E-state index >= 15 is 0 Å². The van der Waals surface area contributed by atoms with Crippen LogP contribution >= 0.6 is 0 Å². The summed E-state index contributed by atoms with van der Waals surface area (Å²) in [5.74, 6) is 1.56. The molecule has 4 aromatic rings. The molecule has 3 heteroatoms. The van der Waals surface area contributed by atoms with Crippen molar-refractivity contribution in [1.29, 1.82) is 0 Å². The summed E-state index contributed by atoms with van der Waals surface area (Å²) in [7, 11) is 0. The van der Waals surface area contributed by atoms with Gasteiger partial charge in [-0.2, -0.15) is 0 Å². The van der Waals surface area contributed by atoms with Crippen molar-refractivity contribution >= 4 is 22.4 Å². The number of hydrogen-bond donors (Lipinski definition) is 1. The van der Waals surface area contributed by atoms with Gasteiger partial charge >= 0.3 is 0 Å². The fourth-order valence-electron chi connectivity index (χ4n) is 3.28. The second-order valence-electron chi connectivity index (χ2n) is 8.23. The minimum absolute atomic E-state index is 0.126. The van der Waals surface area contributed by atoms with Crippen molar-refractivity contribution in [3.63, 3.8) is 0 Å². The molecular formula is C25H25N3. The van der Waals surface area contributed by atoms with Crippen LogP contribution in [0, 0.1) is 6.92 Å². The molecule has 0 atom stereocenters. The lowest BCUT2D eigenvalue weighted by Gasteiger charge is -2.19. The molecule has 0 unspecified atom stereocenters. The Morgan fingerprint density at radius 2 is 1.54 bits per heavy atom. The summed E-state index contributed by atoms with van der Waals surface area (Å²) in [6.45, 7) is 8.75. The number of benzene rings is 3. The van der Waals surface area contributed by atoms with Gasteiger partial charge in [0.05, 0.1) is 5.52 Å². The molecule has 0 spiro atoms. The van der Waals surface area contributed by atoms with E-state index in [2.05, 4.69) is 81.5 Å². The maximum Gasteiger partial charge on any atom is 0.162 e. The Morgan fingerprint density at radius 1 is 0.786 bits per heavy atom. The number of aryl methyl sites for hydroxylation is 1. The molecule has 0 saturated heterocycles. The lowest BCUT2D eigenvalue weighted by Crippen LogP contribution is -2.10. The molecule has 1 aromatic heterocycles. The molecule has 1 N–H and O–H groups in total. The molecule has 0 bridgehead atoms. The minimum Gasteiger partial charge on any atom is -0.340 e. The molecule has 0 amide bonds. The van der Waals surface area contributed by atoms with Gasteiger partial charge in [0.1, 0.15) is 5.82 Å². The van der Waals surface area contributed by atoms with Crippen LogP contribution in [-0.2, 0) is 5.41 Å². The van der Waals surface area contributed by atoms with Crippen molar-refractivity contribution in [2.75, 3.05) is 5.32 Å². The van der Waals surface area contributed by atoms with Gasteiger partial charge in [-0.3, -0.25) is 0 Å². The second-order valence-corrected chi connectivity index (χ2v) is 8.23. The van der Waals surface area contributed by atoms with Gasteiger partial charge in [0, 0.05) is 16.6 Å². The molecule has 0 saturated carbocycles. The molecule has 0 aliphatic rings. The normalized spacial score (nSPS) is 11.6. The van der Waals surface area contributed by atoms with E-state index < -0.39 is 0 Å². The fraction of sp³-hybridized carbons (Fsp3) is 0.200. The van der Waals surface area contributed by atoms with Crippen molar-refractivity contribution in [2.45, 2.75) is 33.1 Å². The summed E-state index contributed by atoms with van der Waals surface area (Å²) < 4.78 is 0. The maximum absolute atomic E-state index is 4.87. The Morgan fingerprint density at radius 3 is 2.25 bits per heavy atom. The van der Waals surface area contributed by atoms with Gasteiger partial charge in [-0.25, -0.2) is 9.97 Å². The third-order valence-corrected chi connectivity index (χ3v) is 4.89. The van der Waals surface area contributed by atoms with Crippen LogP contribution in [0.15, 0.2) is 72.8 Å². The zero-order valence-electron chi connectivity index (χ0n) is 16.8. The van der Waals surface area contributed by atoms with E-state index in [9.17, 15) is 0 Å². The molecule has 0 aliphatic heterocycles. The summed E-state index contributed by atoms with van der Waals surface area (Å²) in [4.78, 5) is 9.67. The first-order valence-electron chi connectivity index (χ1n) is 9.61. The predicted molar refractivity (Wildman–Crippen MR) is 118 cm³/mol. The molecule has 4 rings (SSSR count). The zero-order chi connectivity index (χ0) is 19.7. The molecule has 0 aliphatic carbocycles. The van der Waals surface area contributed by atoms with Gasteiger partial charge in [0.15, 0.2) is 5.82 Å². The highest BCUT2D eigenvalue weighted by Gasteiger charge is 2.14. The highest BCUT2D eigenvalue weighted by atomic mass is 15.0. The van der Waals surface area contributed by atoms with Gasteiger partial charge < -0.3 is 5.32 Å². The summed E-state index contributed by atoms with van der Waals surface area (Å²) in [5, 5.41) is 4.50. The number of anilines is 2. The first-order chi connectivity index (χ1) is 13.4. The average Bonchev–Trinajstić information content (AvgIpc) is 2.67. The Labute approximate surface area is 166 Å². The lowest BCUT2D eigenvalue weighted by molar-refractivity contribution is 0.590. The summed E-state index contributed by atoms with van der Waals surface area (Å²) in [5.41, 5.74) is 5.61. The van der Waals surface area contributed by atoms with E-state index in [0.717, 1.165) is 33.8 Å². The highest BCUT2D eigenvalue weighted by molar-refractivity contribution is 5.92. The van der Waals surface area contributed by atoms with E-state index in [1.807, 2.05) is 24.3 Å². The second kappa shape index (κ2) is 7.08. The number of fused-ring (bicyclic) bond motifs is 1. The number of nitrogens with zero attached hydrogens (tertiary/aromatic N) is 2. The molecule has 0 radical (unpaired) electrons. The molecule has 3 aromatic carbocycles. The first-order valence-corrected chi connectivity index (χ1v) is 9.61. The molecular weight excluding hydrogens is 342 g/mol. The number of para-hydroxylation sites is 1. The summed E-state index contributed by atoms with van der Waals surface area (Å²) in [6.07, 6.45) is 0. The average molecular weight is 367 g/mol. The SMILES string of the molecule is Cc1cccc(Nc2nc(-c3ccc(C(C)(C)C)cc3)nc3ccccc23)c1. The van der Waals surface area contributed by atoms with E-state index in [1.165, 1.54) is 11.1 Å². The standard InChI is InChI=1S/C25H25N3/c1-17-8-7-9-20(16-17)26-24-21-10-5-6-11-22(21)27-23(28-24)18-12-14-19(15-13-18)25(2,3)4/h5-16H,1-4H3,(H,26,27,28). The van der Waals surface area contributed by atoms with Crippen molar-refractivity contribution in [1.82, 2.24) is 9.97 Å². The van der Waals surface area contributed by atoms with Crippen LogP contribution in [0.5, 0.6) is 0 Å². The lowest BCUT2D eigenvalue weighted by atomic mass is 9.87. The van der Waals surface area contributed by atoms with E-state index in [-0.39, 0.29) is 5.41 Å². The number of aromatic nitrogens is 2. The van der Waals surface area contributed by atoms with Crippen molar-refractivity contribution < 1.29 is 0 Å². The van der Waals surface area contributed by atoms with Crippen LogP contribution < -0.4 is 5.32 Å². The molecule has 28 heavy (non-hydrogen) atoms. The minimum atomic E-state index is 0.126. The number of hydrogen-bond acceptors (Lipinski definition) is 3. The third-order valence-electron chi connectivity index (χ3n) is 4.89. The Kier molecular flexibility index (Phi) is 4.60. The van der Waals surface area contributed by atoms with Crippen molar-refractivity contribution in [3.05, 3.63) is 83.9 Å². The highest BCUT2D eigenvalue weighted by Crippen LogP contribution is 2.29. The largest absolute Gasteiger partial charge is 0.340 e. The fourth-order valence-corrected chi connectivity index (χ4v) is 3.28. The topological polar surface area (TPSA) is 37.8 Å². The quantitative estimate of drug-likeness (QED) is 0.441. The third kappa shape index (κ3) is 3.74. The number of nitrogens with one attached hydrogen (secondary N) is 1. The van der Waals surface area contributed by atoms with Crippen LogP contribution in [0.25, 0.3) is 22.3 Å². The van der Waals surface area contributed by atoms with Gasteiger partial charge in [-0.05, 0) is 47.7 Å². The monoisotopic (exact) mass is 367 g/mol. The first kappa shape index (κ1) is 18.2. The van der Waals surface area contributed by atoms with Crippen LogP contribution in [0.1, 0.15) is 31.9 Å². The van der Waals surface area contributed by atoms with Gasteiger partial charge in [0.2, 0.25) is 0 Å². The van der Waals surface area contributed by atoms with Crippen molar-refractivity contribution in [3.8, 4) is 11.4 Å². The Bertz CT molecular complexity index is 1120.